The van der Waals surface area contributed by atoms with Gasteiger partial charge in [0.15, 0.2) is 0 Å². The van der Waals surface area contributed by atoms with Crippen LogP contribution in [0.2, 0.25) is 0 Å². The molecule has 1 aromatic carbocycles. The van der Waals surface area contributed by atoms with Crippen LogP contribution >= 0.6 is 11.3 Å². The van der Waals surface area contributed by atoms with Crippen molar-refractivity contribution in [2.45, 2.75) is 38.7 Å². The third-order valence-electron chi connectivity index (χ3n) is 3.40. The van der Waals surface area contributed by atoms with Gasteiger partial charge in [-0.3, -0.25) is 0 Å². The topological polar surface area (TPSA) is 20.2 Å². The summed E-state index contributed by atoms with van der Waals surface area (Å²) in [6.45, 7) is 4.11. The van der Waals surface area contributed by atoms with Gasteiger partial charge in [0.1, 0.15) is 0 Å². The van der Waals surface area contributed by atoms with Crippen LogP contribution in [0, 0.1) is 0 Å². The summed E-state index contributed by atoms with van der Waals surface area (Å²) in [6.07, 6.45) is 2.39. The Hall–Kier alpha value is -0.860. The molecule has 0 aliphatic rings. The molecule has 1 aromatic heterocycles. The van der Waals surface area contributed by atoms with Gasteiger partial charge in [-0.25, -0.2) is 0 Å². The maximum atomic E-state index is 10.4. The van der Waals surface area contributed by atoms with E-state index in [1.54, 1.807) is 11.3 Å². The second kappa shape index (κ2) is 4.56. The fraction of sp³-hybridized carbons (Fsp3) is 0.429. The van der Waals surface area contributed by atoms with E-state index < -0.39 is 5.60 Å². The molecular formula is C14H18OS. The lowest BCUT2D eigenvalue weighted by atomic mass is 9.89. The molecule has 0 fully saturated rings. The zero-order chi connectivity index (χ0) is 11.6. The minimum atomic E-state index is -0.538. The third kappa shape index (κ3) is 2.13. The van der Waals surface area contributed by atoms with Crippen molar-refractivity contribution < 1.29 is 5.11 Å². The van der Waals surface area contributed by atoms with Crippen LogP contribution in [0.5, 0.6) is 0 Å². The summed E-state index contributed by atoms with van der Waals surface area (Å²) >= 11 is 1.76. The maximum absolute atomic E-state index is 10.4. The van der Waals surface area contributed by atoms with Crippen LogP contribution in [0.4, 0.5) is 0 Å². The Morgan fingerprint density at radius 2 is 1.88 bits per heavy atom. The minimum Gasteiger partial charge on any atom is -0.390 e. The summed E-state index contributed by atoms with van der Waals surface area (Å²) in [5.74, 6) is 0. The van der Waals surface area contributed by atoms with Crippen LogP contribution in [0.25, 0.3) is 10.1 Å². The molecule has 0 amide bonds. The summed E-state index contributed by atoms with van der Waals surface area (Å²) in [7, 11) is 0. The largest absolute Gasteiger partial charge is 0.390 e. The highest BCUT2D eigenvalue weighted by Crippen LogP contribution is 2.30. The van der Waals surface area contributed by atoms with E-state index in [0.717, 1.165) is 19.3 Å². The lowest BCUT2D eigenvalue weighted by Crippen LogP contribution is -2.29. The molecule has 0 unspecified atom stereocenters. The van der Waals surface area contributed by atoms with Gasteiger partial charge < -0.3 is 5.11 Å². The highest BCUT2D eigenvalue weighted by atomic mass is 32.1. The quantitative estimate of drug-likeness (QED) is 0.848. The molecule has 2 rings (SSSR count). The van der Waals surface area contributed by atoms with Gasteiger partial charge in [0, 0.05) is 11.1 Å². The number of benzene rings is 1. The second-order valence-electron chi connectivity index (χ2n) is 4.37. The zero-order valence-electron chi connectivity index (χ0n) is 9.86. The highest BCUT2D eigenvalue weighted by molar-refractivity contribution is 7.17. The van der Waals surface area contributed by atoms with E-state index in [2.05, 4.69) is 43.5 Å². The first-order valence-electron chi connectivity index (χ1n) is 5.86. The predicted octanol–water partition coefficient (Wildman–Crippen LogP) is 3.99. The van der Waals surface area contributed by atoms with Gasteiger partial charge in [-0.1, -0.05) is 32.0 Å². The summed E-state index contributed by atoms with van der Waals surface area (Å²) < 4.78 is 1.31. The predicted molar refractivity (Wildman–Crippen MR) is 71.1 cm³/mol. The van der Waals surface area contributed by atoms with Gasteiger partial charge in [0.25, 0.3) is 0 Å². The molecule has 1 N–H and O–H groups in total. The molecule has 16 heavy (non-hydrogen) atoms. The fourth-order valence-corrected chi connectivity index (χ4v) is 2.99. The first-order valence-corrected chi connectivity index (χ1v) is 6.74. The van der Waals surface area contributed by atoms with E-state index in [4.69, 9.17) is 0 Å². The summed E-state index contributed by atoms with van der Waals surface area (Å²) in [6, 6.07) is 8.41. The molecule has 86 valence electrons. The van der Waals surface area contributed by atoms with E-state index in [1.807, 2.05) is 0 Å². The van der Waals surface area contributed by atoms with Gasteiger partial charge in [-0.05, 0) is 35.2 Å². The van der Waals surface area contributed by atoms with Gasteiger partial charge in [0.2, 0.25) is 0 Å². The van der Waals surface area contributed by atoms with Crippen LogP contribution < -0.4 is 0 Å². The van der Waals surface area contributed by atoms with E-state index in [0.29, 0.717) is 0 Å². The van der Waals surface area contributed by atoms with E-state index in [9.17, 15) is 5.11 Å². The first kappa shape index (κ1) is 11.6. The Balaban J connectivity index is 2.34. The van der Waals surface area contributed by atoms with Crippen molar-refractivity contribution in [1.29, 1.82) is 0 Å². The molecule has 0 radical (unpaired) electrons. The molecule has 0 spiro atoms. The zero-order valence-corrected chi connectivity index (χ0v) is 10.7. The number of hydrogen-bond donors (Lipinski definition) is 1. The SMILES string of the molecule is CCC(O)(CC)Cc1csc2ccccc12. The Kier molecular flexibility index (Phi) is 3.31. The Morgan fingerprint density at radius 3 is 2.56 bits per heavy atom. The van der Waals surface area contributed by atoms with Crippen LogP contribution in [-0.2, 0) is 6.42 Å². The van der Waals surface area contributed by atoms with Gasteiger partial charge in [0.05, 0.1) is 5.60 Å². The average Bonchev–Trinajstić information content (AvgIpc) is 2.73. The molecule has 0 atom stereocenters. The molecule has 0 bridgehead atoms. The van der Waals surface area contributed by atoms with Crippen molar-refractivity contribution in [3.05, 3.63) is 35.2 Å². The molecule has 0 aliphatic carbocycles. The van der Waals surface area contributed by atoms with Crippen LogP contribution in [0.15, 0.2) is 29.6 Å². The van der Waals surface area contributed by atoms with Gasteiger partial charge in [-0.2, -0.15) is 0 Å². The van der Waals surface area contributed by atoms with Crippen LogP contribution in [0.3, 0.4) is 0 Å². The van der Waals surface area contributed by atoms with Crippen LogP contribution in [0.1, 0.15) is 32.3 Å². The normalized spacial score (nSPS) is 12.2. The number of fused-ring (bicyclic) bond motifs is 1. The number of rotatable bonds is 4. The Bertz CT molecular complexity index is 468. The molecule has 0 saturated heterocycles. The summed E-state index contributed by atoms with van der Waals surface area (Å²) in [4.78, 5) is 0. The first-order chi connectivity index (χ1) is 7.68. The third-order valence-corrected chi connectivity index (χ3v) is 4.41. The summed E-state index contributed by atoms with van der Waals surface area (Å²) in [5, 5.41) is 13.8. The second-order valence-corrected chi connectivity index (χ2v) is 5.28. The van der Waals surface area contributed by atoms with Crippen molar-refractivity contribution in [1.82, 2.24) is 0 Å². The van der Waals surface area contributed by atoms with Crippen molar-refractivity contribution in [3.8, 4) is 0 Å². The van der Waals surface area contributed by atoms with Gasteiger partial charge >= 0.3 is 0 Å². The van der Waals surface area contributed by atoms with Crippen LogP contribution in [-0.4, -0.2) is 10.7 Å². The maximum Gasteiger partial charge on any atom is 0.0683 e. The number of thiophene rings is 1. The highest BCUT2D eigenvalue weighted by Gasteiger charge is 2.23. The molecule has 1 nitrogen and oxygen atoms in total. The smallest absolute Gasteiger partial charge is 0.0683 e. The number of hydrogen-bond acceptors (Lipinski definition) is 2. The van der Waals surface area contributed by atoms with E-state index in [-0.39, 0.29) is 0 Å². The average molecular weight is 234 g/mol. The van der Waals surface area contributed by atoms with Crippen molar-refractivity contribution in [2.24, 2.45) is 0 Å². The van der Waals surface area contributed by atoms with E-state index in [1.165, 1.54) is 15.6 Å². The van der Waals surface area contributed by atoms with Crippen molar-refractivity contribution >= 4 is 21.4 Å². The lowest BCUT2D eigenvalue weighted by molar-refractivity contribution is 0.0330. The molecule has 2 heteroatoms. The summed E-state index contributed by atoms with van der Waals surface area (Å²) in [5.41, 5.74) is 0.746. The molecule has 0 aliphatic heterocycles. The Labute approximate surface area is 101 Å². The standard InChI is InChI=1S/C14H18OS/c1-3-14(15,4-2)9-11-10-16-13-8-6-5-7-12(11)13/h5-8,10,15H,3-4,9H2,1-2H3. The van der Waals surface area contributed by atoms with Crippen molar-refractivity contribution in [2.75, 3.05) is 0 Å². The lowest BCUT2D eigenvalue weighted by Gasteiger charge is -2.24. The van der Waals surface area contributed by atoms with Gasteiger partial charge in [-0.15, -0.1) is 11.3 Å². The molecular weight excluding hydrogens is 216 g/mol. The molecule has 2 aromatic rings. The number of aliphatic hydroxyl groups is 1. The molecule has 1 heterocycles. The molecule has 0 saturated carbocycles. The minimum absolute atomic E-state index is 0.538. The fourth-order valence-electron chi connectivity index (χ4n) is 2.02. The van der Waals surface area contributed by atoms with E-state index >= 15 is 0 Å². The van der Waals surface area contributed by atoms with Crippen molar-refractivity contribution in [3.63, 3.8) is 0 Å². The Morgan fingerprint density at radius 1 is 1.19 bits per heavy atom. The monoisotopic (exact) mass is 234 g/mol.